The molecule has 3 rings (SSSR count). The van der Waals surface area contributed by atoms with E-state index in [1.807, 2.05) is 37.3 Å². The molecule has 2 heterocycles. The molecule has 0 N–H and O–H groups in total. The number of hydrogen-bond donors (Lipinski definition) is 0. The van der Waals surface area contributed by atoms with E-state index in [9.17, 15) is 4.79 Å². The lowest BCUT2D eigenvalue weighted by Crippen LogP contribution is -2.11. The largest absolute Gasteiger partial charge is 0.497 e. The first-order valence-electron chi connectivity index (χ1n) is 7.34. The van der Waals surface area contributed by atoms with E-state index in [-0.39, 0.29) is 12.3 Å². The van der Waals surface area contributed by atoms with Crippen molar-refractivity contribution in [2.75, 3.05) is 13.7 Å². The number of hydrogen-bond acceptors (Lipinski definition) is 7. The molecule has 0 saturated heterocycles. The highest BCUT2D eigenvalue weighted by molar-refractivity contribution is 8.04. The van der Waals surface area contributed by atoms with Crippen LogP contribution in [0.2, 0.25) is 0 Å². The van der Waals surface area contributed by atoms with Crippen molar-refractivity contribution in [1.29, 1.82) is 0 Å². The molecular weight excluding hydrogens is 328 g/mol. The zero-order chi connectivity index (χ0) is 17.1. The highest BCUT2D eigenvalue weighted by Crippen LogP contribution is 2.35. The summed E-state index contributed by atoms with van der Waals surface area (Å²) in [5, 5.41) is 12.7. The number of benzene rings is 1. The van der Waals surface area contributed by atoms with E-state index < -0.39 is 5.97 Å². The average Bonchev–Trinajstić information content (AvgIpc) is 2.99. The molecule has 0 atom stereocenters. The predicted octanol–water partition coefficient (Wildman–Crippen LogP) is 2.83. The van der Waals surface area contributed by atoms with Crippen LogP contribution in [0.25, 0.3) is 6.08 Å². The number of carbonyl (C=O) groups excluding carboxylic acids is 1. The smallest absolute Gasteiger partial charge is 0.361 e. The van der Waals surface area contributed by atoms with Gasteiger partial charge in [-0.15, -0.1) is 9.89 Å². The van der Waals surface area contributed by atoms with Gasteiger partial charge in [0.05, 0.1) is 19.4 Å². The Hall–Kier alpha value is -2.61. The van der Waals surface area contributed by atoms with Crippen molar-refractivity contribution in [3.63, 3.8) is 0 Å². The van der Waals surface area contributed by atoms with Crippen LogP contribution < -0.4 is 4.74 Å². The minimum absolute atomic E-state index is 0.179. The van der Waals surface area contributed by atoms with Crippen molar-refractivity contribution in [2.24, 2.45) is 5.10 Å². The molecule has 0 bridgehead atoms. The van der Waals surface area contributed by atoms with Gasteiger partial charge in [-0.25, -0.2) is 4.79 Å². The minimum atomic E-state index is -0.496. The predicted molar refractivity (Wildman–Crippen MR) is 91.3 cm³/mol. The van der Waals surface area contributed by atoms with Crippen LogP contribution in [0.15, 0.2) is 39.3 Å². The lowest BCUT2D eigenvalue weighted by atomic mass is 10.2. The standard InChI is InChI=1S/C16H16N4O3S/c1-4-23-16(21)14-15-20(19-17-14)18-10(2)13(24-15)9-11-5-7-12(22-3)8-6-11/h5-9H,4H2,1-3H3/b13-9-. The van der Waals surface area contributed by atoms with Gasteiger partial charge in [0.2, 0.25) is 5.69 Å². The van der Waals surface area contributed by atoms with E-state index >= 15 is 0 Å². The number of ether oxygens (including phenoxy) is 2. The van der Waals surface area contributed by atoms with Crippen molar-refractivity contribution in [1.82, 2.24) is 15.1 Å². The van der Waals surface area contributed by atoms with E-state index in [2.05, 4.69) is 15.4 Å². The van der Waals surface area contributed by atoms with Gasteiger partial charge < -0.3 is 9.47 Å². The Morgan fingerprint density at radius 2 is 2.08 bits per heavy atom. The zero-order valence-electron chi connectivity index (χ0n) is 13.5. The number of thioether (sulfide) groups is 1. The van der Waals surface area contributed by atoms with Crippen molar-refractivity contribution >= 4 is 29.5 Å². The first-order chi connectivity index (χ1) is 11.6. The Labute approximate surface area is 143 Å². The van der Waals surface area contributed by atoms with Crippen molar-refractivity contribution in [3.8, 4) is 5.75 Å². The van der Waals surface area contributed by atoms with Crippen LogP contribution in [-0.4, -0.2) is 40.5 Å². The van der Waals surface area contributed by atoms with Gasteiger partial charge in [-0.05, 0) is 42.8 Å². The van der Waals surface area contributed by atoms with Crippen LogP contribution >= 0.6 is 11.8 Å². The number of nitrogens with zero attached hydrogens (tertiary/aromatic N) is 4. The van der Waals surface area contributed by atoms with Crippen molar-refractivity contribution in [2.45, 2.75) is 18.9 Å². The Morgan fingerprint density at radius 3 is 2.75 bits per heavy atom. The molecule has 24 heavy (non-hydrogen) atoms. The molecule has 2 aromatic rings. The highest BCUT2D eigenvalue weighted by Gasteiger charge is 2.26. The molecule has 0 spiro atoms. The molecule has 1 aliphatic rings. The van der Waals surface area contributed by atoms with Crippen LogP contribution in [0.4, 0.5) is 0 Å². The molecule has 124 valence electrons. The van der Waals surface area contributed by atoms with Gasteiger partial charge in [0.15, 0.2) is 5.03 Å². The summed E-state index contributed by atoms with van der Waals surface area (Å²) in [4.78, 5) is 14.2. The first kappa shape index (κ1) is 16.3. The Balaban J connectivity index is 1.92. The van der Waals surface area contributed by atoms with Gasteiger partial charge in [-0.2, -0.15) is 5.10 Å². The Kier molecular flexibility index (Phi) is 4.66. The average molecular weight is 344 g/mol. The van der Waals surface area contributed by atoms with E-state index in [0.29, 0.717) is 5.03 Å². The molecule has 1 aliphatic heterocycles. The third kappa shape index (κ3) is 3.18. The Morgan fingerprint density at radius 1 is 1.33 bits per heavy atom. The van der Waals surface area contributed by atoms with Crippen molar-refractivity contribution in [3.05, 3.63) is 40.4 Å². The fourth-order valence-electron chi connectivity index (χ4n) is 2.10. The number of methoxy groups -OCH3 is 1. The molecule has 8 heteroatoms. The number of aromatic nitrogens is 3. The molecule has 0 saturated carbocycles. The first-order valence-corrected chi connectivity index (χ1v) is 8.16. The quantitative estimate of drug-likeness (QED) is 0.794. The lowest BCUT2D eigenvalue weighted by molar-refractivity contribution is 0.0515. The van der Waals surface area contributed by atoms with Crippen LogP contribution in [-0.2, 0) is 4.74 Å². The summed E-state index contributed by atoms with van der Waals surface area (Å²) in [6, 6.07) is 7.69. The molecular formula is C16H16N4O3S. The monoisotopic (exact) mass is 344 g/mol. The topological polar surface area (TPSA) is 78.6 Å². The second kappa shape index (κ2) is 6.88. The molecule has 0 radical (unpaired) electrons. The minimum Gasteiger partial charge on any atom is -0.497 e. The van der Waals surface area contributed by atoms with Crippen LogP contribution in [0.1, 0.15) is 29.9 Å². The molecule has 0 unspecified atom stereocenters. The summed E-state index contributed by atoms with van der Waals surface area (Å²) in [5.41, 5.74) is 1.98. The van der Waals surface area contributed by atoms with Crippen LogP contribution in [0.5, 0.6) is 5.75 Å². The Bertz CT molecular complexity index is 824. The molecule has 0 amide bonds. The van der Waals surface area contributed by atoms with E-state index in [1.165, 1.54) is 16.6 Å². The van der Waals surface area contributed by atoms with E-state index in [0.717, 1.165) is 21.9 Å². The van der Waals surface area contributed by atoms with E-state index in [1.54, 1.807) is 14.0 Å². The molecule has 7 nitrogen and oxygen atoms in total. The summed E-state index contributed by atoms with van der Waals surface area (Å²) in [6.45, 7) is 3.92. The number of esters is 1. The number of fused-ring (bicyclic) bond motifs is 1. The van der Waals surface area contributed by atoms with Crippen molar-refractivity contribution < 1.29 is 14.3 Å². The molecule has 0 aliphatic carbocycles. The van der Waals surface area contributed by atoms with Gasteiger partial charge in [-0.3, -0.25) is 0 Å². The summed E-state index contributed by atoms with van der Waals surface area (Å²) < 4.78 is 10.2. The van der Waals surface area contributed by atoms with E-state index in [4.69, 9.17) is 9.47 Å². The maximum atomic E-state index is 12.0. The lowest BCUT2D eigenvalue weighted by Gasteiger charge is -2.13. The van der Waals surface area contributed by atoms with Crippen LogP contribution in [0, 0.1) is 0 Å². The maximum Gasteiger partial charge on any atom is 0.361 e. The number of carbonyl (C=O) groups is 1. The number of rotatable bonds is 4. The fourth-order valence-corrected chi connectivity index (χ4v) is 3.07. The third-order valence-electron chi connectivity index (χ3n) is 3.30. The normalized spacial score (nSPS) is 15.0. The fraction of sp³-hybridized carbons (Fsp3) is 0.250. The zero-order valence-corrected chi connectivity index (χ0v) is 14.3. The van der Waals surface area contributed by atoms with Gasteiger partial charge in [0, 0.05) is 4.91 Å². The van der Waals surface area contributed by atoms with Gasteiger partial charge in [0.1, 0.15) is 5.75 Å². The molecule has 1 aromatic carbocycles. The third-order valence-corrected chi connectivity index (χ3v) is 4.49. The number of allylic oxidation sites excluding steroid dienone is 1. The van der Waals surface area contributed by atoms with Crippen LogP contribution in [0.3, 0.4) is 0 Å². The SMILES string of the molecule is CCOC(=O)c1nnn2c1S/C(=C\c1ccc(OC)cc1)C(C)=N2. The second-order valence-corrected chi connectivity index (χ2v) is 5.95. The second-order valence-electron chi connectivity index (χ2n) is 4.92. The van der Waals surface area contributed by atoms with Gasteiger partial charge in [-0.1, -0.05) is 23.9 Å². The summed E-state index contributed by atoms with van der Waals surface area (Å²) in [5.74, 6) is 0.301. The summed E-state index contributed by atoms with van der Waals surface area (Å²) in [6.07, 6.45) is 1.99. The highest BCUT2D eigenvalue weighted by atomic mass is 32.2. The van der Waals surface area contributed by atoms with Gasteiger partial charge in [0.25, 0.3) is 0 Å². The molecule has 1 aromatic heterocycles. The van der Waals surface area contributed by atoms with Gasteiger partial charge >= 0.3 is 5.97 Å². The molecule has 0 fully saturated rings. The summed E-state index contributed by atoms with van der Waals surface area (Å²) in [7, 11) is 1.63. The maximum absolute atomic E-state index is 12.0. The summed E-state index contributed by atoms with van der Waals surface area (Å²) >= 11 is 1.39.